The topological polar surface area (TPSA) is 72.2 Å². The van der Waals surface area contributed by atoms with E-state index in [9.17, 15) is 9.59 Å². The second-order valence-corrected chi connectivity index (χ2v) is 2.00. The van der Waals surface area contributed by atoms with E-state index in [-0.39, 0.29) is 5.82 Å². The zero-order chi connectivity index (χ0) is 8.43. The van der Waals surface area contributed by atoms with Gasteiger partial charge in [-0.2, -0.15) is 0 Å². The number of aliphatic carboxylic acids is 1. The van der Waals surface area contributed by atoms with Crippen LogP contribution in [-0.4, -0.2) is 26.4 Å². The molecule has 5 nitrogen and oxygen atoms in total. The molecule has 0 spiro atoms. The van der Waals surface area contributed by atoms with Crippen LogP contribution in [0, 0.1) is 0 Å². The molecule has 0 radical (unpaired) electrons. The predicted octanol–water partition coefficient (Wildman–Crippen LogP) is -0.313. The number of nitrogens with zero attached hydrogens (tertiary/aromatic N) is 2. The Kier molecular flexibility index (Phi) is 1.72. The highest BCUT2D eigenvalue weighted by Crippen LogP contribution is 1.94. The molecule has 0 aliphatic heterocycles. The normalized spacial score (nSPS) is 9.55. The molecule has 11 heavy (non-hydrogen) atoms. The van der Waals surface area contributed by atoms with Crippen molar-refractivity contribution in [2.45, 2.75) is 0 Å². The van der Waals surface area contributed by atoms with Gasteiger partial charge in [0.1, 0.15) is 0 Å². The molecule has 0 saturated carbocycles. The minimum atomic E-state index is -1.49. The van der Waals surface area contributed by atoms with Crippen molar-refractivity contribution in [3.63, 3.8) is 0 Å². The van der Waals surface area contributed by atoms with Crippen molar-refractivity contribution in [2.75, 3.05) is 0 Å². The van der Waals surface area contributed by atoms with Crippen LogP contribution < -0.4 is 0 Å². The Labute approximate surface area is 62.3 Å². The summed E-state index contributed by atoms with van der Waals surface area (Å²) < 4.78 is 1.36. The number of carboxylic acid groups (broad SMARTS) is 1. The van der Waals surface area contributed by atoms with Gasteiger partial charge in [0.05, 0.1) is 0 Å². The first-order chi connectivity index (χ1) is 5.13. The van der Waals surface area contributed by atoms with Gasteiger partial charge in [0.15, 0.2) is 5.82 Å². The lowest BCUT2D eigenvalue weighted by atomic mass is 10.4. The molecule has 1 N–H and O–H groups in total. The Morgan fingerprint density at radius 1 is 1.64 bits per heavy atom. The fourth-order valence-electron chi connectivity index (χ4n) is 0.680. The maximum absolute atomic E-state index is 10.7. The molecule has 0 amide bonds. The molecule has 1 rings (SSSR count). The van der Waals surface area contributed by atoms with Crippen molar-refractivity contribution in [1.29, 1.82) is 0 Å². The second kappa shape index (κ2) is 2.53. The highest BCUT2D eigenvalue weighted by Gasteiger charge is 2.18. The smallest absolute Gasteiger partial charge is 0.380 e. The summed E-state index contributed by atoms with van der Waals surface area (Å²) in [5.41, 5.74) is 0. The van der Waals surface area contributed by atoms with Gasteiger partial charge in [0.25, 0.3) is 0 Å². The quantitative estimate of drug-likeness (QED) is 0.468. The van der Waals surface area contributed by atoms with E-state index < -0.39 is 11.8 Å². The number of aromatic nitrogens is 2. The van der Waals surface area contributed by atoms with E-state index in [1.54, 1.807) is 7.05 Å². The highest BCUT2D eigenvalue weighted by molar-refractivity contribution is 6.38. The zero-order valence-corrected chi connectivity index (χ0v) is 5.81. The first-order valence-corrected chi connectivity index (χ1v) is 2.88. The monoisotopic (exact) mass is 154 g/mol. The van der Waals surface area contributed by atoms with Crippen LogP contribution in [0.15, 0.2) is 12.4 Å². The molecule has 0 aliphatic rings. The lowest BCUT2D eigenvalue weighted by molar-refractivity contribution is -0.131. The average Bonchev–Trinajstić information content (AvgIpc) is 2.33. The van der Waals surface area contributed by atoms with Crippen molar-refractivity contribution < 1.29 is 14.7 Å². The third-order valence-electron chi connectivity index (χ3n) is 1.22. The van der Waals surface area contributed by atoms with Gasteiger partial charge in [0.2, 0.25) is 0 Å². The molecular weight excluding hydrogens is 148 g/mol. The van der Waals surface area contributed by atoms with Crippen LogP contribution in [0.3, 0.4) is 0 Å². The van der Waals surface area contributed by atoms with Crippen molar-refractivity contribution in [2.24, 2.45) is 7.05 Å². The molecule has 1 aromatic heterocycles. The van der Waals surface area contributed by atoms with Gasteiger partial charge in [-0.1, -0.05) is 0 Å². The number of rotatable bonds is 2. The summed E-state index contributed by atoms with van der Waals surface area (Å²) in [6.45, 7) is 0. The molecule has 1 aromatic rings. The fraction of sp³-hybridized carbons (Fsp3) is 0.167. The Balaban J connectivity index is 3.02. The summed E-state index contributed by atoms with van der Waals surface area (Å²) in [6, 6.07) is 0. The largest absolute Gasteiger partial charge is 0.475 e. The molecule has 58 valence electrons. The van der Waals surface area contributed by atoms with Crippen molar-refractivity contribution >= 4 is 11.8 Å². The summed E-state index contributed by atoms with van der Waals surface area (Å²) in [7, 11) is 1.56. The SMILES string of the molecule is Cn1ccnc1C(=O)C(=O)O. The third-order valence-corrected chi connectivity index (χ3v) is 1.22. The van der Waals surface area contributed by atoms with Crippen molar-refractivity contribution in [3.05, 3.63) is 18.2 Å². The second-order valence-electron chi connectivity index (χ2n) is 2.00. The van der Waals surface area contributed by atoms with Gasteiger partial charge in [-0.3, -0.25) is 4.79 Å². The van der Waals surface area contributed by atoms with Gasteiger partial charge in [-0.25, -0.2) is 9.78 Å². The standard InChI is InChI=1S/C6H6N2O3/c1-8-3-2-7-5(8)4(9)6(10)11/h2-3H,1H3,(H,10,11). The number of hydrogen-bond acceptors (Lipinski definition) is 3. The summed E-state index contributed by atoms with van der Waals surface area (Å²) in [5.74, 6) is -2.53. The highest BCUT2D eigenvalue weighted by atomic mass is 16.4. The number of carbonyl (C=O) groups excluding carboxylic acids is 1. The van der Waals surface area contributed by atoms with Crippen LogP contribution in [0.5, 0.6) is 0 Å². The van der Waals surface area contributed by atoms with Gasteiger partial charge >= 0.3 is 11.8 Å². The third kappa shape index (κ3) is 1.26. The van der Waals surface area contributed by atoms with E-state index in [1.165, 1.54) is 17.0 Å². The molecular formula is C6H6N2O3. The fourth-order valence-corrected chi connectivity index (χ4v) is 0.680. The van der Waals surface area contributed by atoms with Gasteiger partial charge in [-0.05, 0) is 0 Å². The number of carbonyl (C=O) groups is 2. The Morgan fingerprint density at radius 2 is 2.27 bits per heavy atom. The Bertz CT molecular complexity index is 303. The molecule has 0 bridgehead atoms. The van der Waals surface area contributed by atoms with Crippen LogP contribution in [0.25, 0.3) is 0 Å². The van der Waals surface area contributed by atoms with Crippen molar-refractivity contribution in [1.82, 2.24) is 9.55 Å². The van der Waals surface area contributed by atoms with E-state index in [1.807, 2.05) is 0 Å². The number of Topliss-reactive ketones (excluding diaryl/α,β-unsaturated/α-hetero) is 1. The lowest BCUT2D eigenvalue weighted by Crippen LogP contribution is -2.17. The zero-order valence-electron chi connectivity index (χ0n) is 5.81. The molecule has 1 heterocycles. The van der Waals surface area contributed by atoms with Crippen molar-refractivity contribution in [3.8, 4) is 0 Å². The maximum Gasteiger partial charge on any atom is 0.380 e. The lowest BCUT2D eigenvalue weighted by Gasteiger charge is -1.93. The minimum absolute atomic E-state index is 0.0579. The Hall–Kier alpha value is -1.65. The summed E-state index contributed by atoms with van der Waals surface area (Å²) in [6.07, 6.45) is 2.88. The summed E-state index contributed by atoms with van der Waals surface area (Å²) >= 11 is 0. The van der Waals surface area contributed by atoms with E-state index in [2.05, 4.69) is 4.98 Å². The number of aryl methyl sites for hydroxylation is 1. The molecule has 0 aliphatic carbocycles. The summed E-state index contributed by atoms with van der Waals surface area (Å²) in [5, 5.41) is 8.28. The van der Waals surface area contributed by atoms with Crippen LogP contribution in [0.4, 0.5) is 0 Å². The molecule has 0 fully saturated rings. The van der Waals surface area contributed by atoms with Crippen LogP contribution in [0.2, 0.25) is 0 Å². The number of hydrogen-bond donors (Lipinski definition) is 1. The van der Waals surface area contributed by atoms with E-state index in [0.29, 0.717) is 0 Å². The van der Waals surface area contributed by atoms with Gasteiger partial charge < -0.3 is 9.67 Å². The number of ketones is 1. The van der Waals surface area contributed by atoms with Crippen LogP contribution in [-0.2, 0) is 11.8 Å². The molecule has 0 atom stereocenters. The van der Waals surface area contributed by atoms with Gasteiger partial charge in [-0.15, -0.1) is 0 Å². The number of carboxylic acids is 1. The maximum atomic E-state index is 10.7. The van der Waals surface area contributed by atoms with Crippen LogP contribution in [0.1, 0.15) is 10.6 Å². The van der Waals surface area contributed by atoms with E-state index >= 15 is 0 Å². The minimum Gasteiger partial charge on any atom is -0.475 e. The van der Waals surface area contributed by atoms with E-state index in [0.717, 1.165) is 0 Å². The average molecular weight is 154 g/mol. The summed E-state index contributed by atoms with van der Waals surface area (Å²) in [4.78, 5) is 24.5. The number of imidazole rings is 1. The Morgan fingerprint density at radius 3 is 2.64 bits per heavy atom. The molecule has 5 heteroatoms. The molecule has 0 unspecified atom stereocenters. The van der Waals surface area contributed by atoms with E-state index in [4.69, 9.17) is 5.11 Å². The predicted molar refractivity (Wildman–Crippen MR) is 35.2 cm³/mol. The van der Waals surface area contributed by atoms with Gasteiger partial charge in [0, 0.05) is 19.4 Å². The first kappa shape index (κ1) is 7.46. The molecule has 0 saturated heterocycles. The van der Waals surface area contributed by atoms with Crippen LogP contribution >= 0.6 is 0 Å². The molecule has 0 aromatic carbocycles. The first-order valence-electron chi connectivity index (χ1n) is 2.88.